The Morgan fingerprint density at radius 3 is 2.69 bits per heavy atom. The van der Waals surface area contributed by atoms with E-state index in [1.807, 2.05) is 47.2 Å². The van der Waals surface area contributed by atoms with Crippen molar-refractivity contribution in [2.45, 2.75) is 30.9 Å². The van der Waals surface area contributed by atoms with Crippen LogP contribution in [0.2, 0.25) is 0 Å². The summed E-state index contributed by atoms with van der Waals surface area (Å²) in [6.07, 6.45) is 11.0. The van der Waals surface area contributed by atoms with Gasteiger partial charge >= 0.3 is 0 Å². The molecule has 1 unspecified atom stereocenters. The number of hydrogen-bond acceptors (Lipinski definition) is 5. The molecule has 7 nitrogen and oxygen atoms in total. The van der Waals surface area contributed by atoms with E-state index in [4.69, 9.17) is 15.6 Å². The fourth-order valence-corrected chi connectivity index (χ4v) is 4.48. The summed E-state index contributed by atoms with van der Waals surface area (Å²) >= 11 is 0. The lowest BCUT2D eigenvalue weighted by atomic mass is 9.89. The number of amides is 1. The highest BCUT2D eigenvalue weighted by Gasteiger charge is 2.43. The van der Waals surface area contributed by atoms with Crippen LogP contribution in [0.5, 0.6) is 5.75 Å². The van der Waals surface area contributed by atoms with Crippen molar-refractivity contribution in [3.8, 4) is 17.0 Å². The fourth-order valence-electron chi connectivity index (χ4n) is 4.48. The summed E-state index contributed by atoms with van der Waals surface area (Å²) in [5.41, 5.74) is 7.62. The number of allylic oxidation sites excluding steroid dienone is 2. The van der Waals surface area contributed by atoms with Crippen molar-refractivity contribution in [3.05, 3.63) is 54.1 Å². The summed E-state index contributed by atoms with van der Waals surface area (Å²) in [5.74, 6) is 1.08. The summed E-state index contributed by atoms with van der Waals surface area (Å²) < 4.78 is 8.01. The molecule has 1 atom stereocenters. The Bertz CT molecular complexity index is 983. The zero-order chi connectivity index (χ0) is 19.8. The van der Waals surface area contributed by atoms with E-state index < -0.39 is 5.91 Å². The van der Waals surface area contributed by atoms with Crippen molar-refractivity contribution in [1.29, 1.82) is 0 Å². The van der Waals surface area contributed by atoms with Gasteiger partial charge in [-0.2, -0.15) is 5.10 Å². The van der Waals surface area contributed by atoms with Gasteiger partial charge in [-0.3, -0.25) is 4.79 Å². The Morgan fingerprint density at radius 1 is 1.21 bits per heavy atom. The predicted molar refractivity (Wildman–Crippen MR) is 112 cm³/mol. The first kappa shape index (κ1) is 18.0. The molecule has 3 heterocycles. The van der Waals surface area contributed by atoms with Gasteiger partial charge in [-0.1, -0.05) is 18.2 Å². The van der Waals surface area contributed by atoms with Crippen molar-refractivity contribution in [1.82, 2.24) is 15.1 Å². The first-order valence-corrected chi connectivity index (χ1v) is 10.1. The van der Waals surface area contributed by atoms with Crippen LogP contribution in [-0.4, -0.2) is 41.4 Å². The Morgan fingerprint density at radius 2 is 2.00 bits per heavy atom. The number of hydrogen-bond donors (Lipinski definition) is 3. The van der Waals surface area contributed by atoms with E-state index in [0.717, 1.165) is 56.0 Å². The number of benzene rings is 1. The molecule has 1 amide bonds. The first-order chi connectivity index (χ1) is 14.2. The Labute approximate surface area is 169 Å². The molecule has 2 aliphatic heterocycles. The molecule has 150 valence electrons. The minimum Gasteiger partial charge on any atom is -0.486 e. The van der Waals surface area contributed by atoms with E-state index in [-0.39, 0.29) is 11.6 Å². The summed E-state index contributed by atoms with van der Waals surface area (Å²) in [7, 11) is 0. The highest BCUT2D eigenvalue weighted by Crippen LogP contribution is 2.41. The topological polar surface area (TPSA) is 94.2 Å². The van der Waals surface area contributed by atoms with Gasteiger partial charge < -0.3 is 21.1 Å². The molecule has 2 aromatic rings. The lowest BCUT2D eigenvalue weighted by Gasteiger charge is -2.33. The quantitative estimate of drug-likeness (QED) is 0.744. The number of carbonyl (C=O) groups is 1. The third-order valence-corrected chi connectivity index (χ3v) is 6.06. The van der Waals surface area contributed by atoms with Crippen LogP contribution >= 0.6 is 0 Å². The second-order valence-electron chi connectivity index (χ2n) is 7.91. The van der Waals surface area contributed by atoms with E-state index in [1.54, 1.807) is 0 Å². The smallest absolute Gasteiger partial charge is 0.254 e. The summed E-state index contributed by atoms with van der Waals surface area (Å²) in [6.45, 7) is 2.67. The third-order valence-electron chi connectivity index (χ3n) is 6.06. The highest BCUT2D eigenvalue weighted by molar-refractivity contribution is 6.04. The number of nitrogens with one attached hydrogen (secondary N) is 2. The molecule has 0 radical (unpaired) electrons. The van der Waals surface area contributed by atoms with Crippen molar-refractivity contribution >= 4 is 11.7 Å². The van der Waals surface area contributed by atoms with Crippen LogP contribution in [0.3, 0.4) is 0 Å². The van der Waals surface area contributed by atoms with Crippen LogP contribution < -0.4 is 21.1 Å². The van der Waals surface area contributed by atoms with Crippen molar-refractivity contribution in [2.24, 2.45) is 5.73 Å². The lowest BCUT2D eigenvalue weighted by Crippen LogP contribution is -2.45. The molecule has 0 bridgehead atoms. The van der Waals surface area contributed by atoms with Crippen molar-refractivity contribution in [3.63, 3.8) is 0 Å². The molecular weight excluding hydrogens is 366 g/mol. The SMILES string of the molecule is NC(=O)c1c(-c2ccc(OC3C=CC=CC3)cc2)nn2c1NCC21CCNCC1. The molecule has 29 heavy (non-hydrogen) atoms. The van der Waals surface area contributed by atoms with Gasteiger partial charge in [-0.05, 0) is 56.3 Å². The number of fused-ring (bicyclic) bond motifs is 2. The summed E-state index contributed by atoms with van der Waals surface area (Å²) in [5, 5.41) is 11.7. The summed E-state index contributed by atoms with van der Waals surface area (Å²) in [6, 6.07) is 7.73. The zero-order valence-corrected chi connectivity index (χ0v) is 16.2. The van der Waals surface area contributed by atoms with E-state index in [1.165, 1.54) is 0 Å². The molecule has 1 fully saturated rings. The van der Waals surface area contributed by atoms with E-state index in [2.05, 4.69) is 16.7 Å². The Hall–Kier alpha value is -3.06. The Balaban J connectivity index is 1.46. The largest absolute Gasteiger partial charge is 0.486 e. The maximum Gasteiger partial charge on any atom is 0.254 e. The fraction of sp³-hybridized carbons (Fsp3) is 0.364. The molecule has 0 saturated carbocycles. The number of carbonyl (C=O) groups excluding carboxylic acids is 1. The number of nitrogens with zero attached hydrogens (tertiary/aromatic N) is 2. The molecule has 1 aromatic carbocycles. The number of nitrogens with two attached hydrogens (primary N) is 1. The second-order valence-corrected chi connectivity index (χ2v) is 7.91. The molecule has 7 heteroatoms. The number of anilines is 1. The first-order valence-electron chi connectivity index (χ1n) is 10.1. The molecule has 1 aromatic heterocycles. The van der Waals surface area contributed by atoms with E-state index >= 15 is 0 Å². The number of primary amides is 1. The standard InChI is InChI=1S/C22H25N5O2/c23-20(28)18-19(26-27-21(18)25-14-22(27)10-12-24-13-11-22)15-6-8-17(9-7-15)29-16-4-2-1-3-5-16/h1-4,6-9,16,24-25H,5,10-14H2,(H2,23,28). The van der Waals surface area contributed by atoms with Gasteiger partial charge in [0.15, 0.2) is 0 Å². The molecule has 5 rings (SSSR count). The van der Waals surface area contributed by atoms with Gasteiger partial charge in [0.25, 0.3) is 5.91 Å². The van der Waals surface area contributed by atoms with Gasteiger partial charge in [-0.25, -0.2) is 4.68 Å². The van der Waals surface area contributed by atoms with Gasteiger partial charge in [0, 0.05) is 18.5 Å². The second kappa shape index (κ2) is 7.08. The van der Waals surface area contributed by atoms with E-state index in [9.17, 15) is 4.79 Å². The lowest BCUT2D eigenvalue weighted by molar-refractivity contribution is 0.100. The number of rotatable bonds is 4. The minimum atomic E-state index is -0.459. The van der Waals surface area contributed by atoms with Gasteiger partial charge in [-0.15, -0.1) is 0 Å². The highest BCUT2D eigenvalue weighted by atomic mass is 16.5. The van der Waals surface area contributed by atoms with Crippen molar-refractivity contribution in [2.75, 3.05) is 25.0 Å². The molecular formula is C22H25N5O2. The van der Waals surface area contributed by atoms with Crippen molar-refractivity contribution < 1.29 is 9.53 Å². The number of piperidine rings is 1. The monoisotopic (exact) mass is 391 g/mol. The third kappa shape index (κ3) is 3.11. The van der Waals surface area contributed by atoms with Crippen LogP contribution in [0.15, 0.2) is 48.6 Å². The Kier molecular flexibility index (Phi) is 4.39. The van der Waals surface area contributed by atoms with Gasteiger partial charge in [0.2, 0.25) is 0 Å². The van der Waals surface area contributed by atoms with Crippen LogP contribution in [0.4, 0.5) is 5.82 Å². The predicted octanol–water partition coefficient (Wildman–Crippen LogP) is 2.42. The molecule has 1 saturated heterocycles. The van der Waals surface area contributed by atoms with E-state index in [0.29, 0.717) is 11.3 Å². The van der Waals surface area contributed by atoms with Gasteiger partial charge in [0.05, 0.1) is 5.54 Å². The maximum atomic E-state index is 12.3. The normalized spacial score (nSPS) is 21.7. The van der Waals surface area contributed by atoms with Crippen LogP contribution in [0, 0.1) is 0 Å². The van der Waals surface area contributed by atoms with Crippen LogP contribution in [0.25, 0.3) is 11.3 Å². The van der Waals surface area contributed by atoms with Crippen LogP contribution in [-0.2, 0) is 5.54 Å². The average Bonchev–Trinajstić information content (AvgIpc) is 3.29. The van der Waals surface area contributed by atoms with Crippen LogP contribution in [0.1, 0.15) is 29.6 Å². The molecule has 3 aliphatic rings. The number of ether oxygens (including phenoxy) is 1. The minimum absolute atomic E-state index is 0.0485. The average molecular weight is 391 g/mol. The van der Waals surface area contributed by atoms with Gasteiger partial charge in [0.1, 0.15) is 28.9 Å². The molecule has 4 N–H and O–H groups in total. The number of aromatic nitrogens is 2. The molecule has 1 aliphatic carbocycles. The maximum absolute atomic E-state index is 12.3. The molecule has 1 spiro atoms. The summed E-state index contributed by atoms with van der Waals surface area (Å²) in [4.78, 5) is 12.3. The zero-order valence-electron chi connectivity index (χ0n) is 16.2.